The molecule has 4 heterocycles. The second-order valence-corrected chi connectivity index (χ2v) is 11.7. The lowest BCUT2D eigenvalue weighted by atomic mass is 9.83. The molecule has 1 N–H and O–H groups in total. The fourth-order valence-electron chi connectivity index (χ4n) is 6.02. The summed E-state index contributed by atoms with van der Waals surface area (Å²) < 4.78 is 6.95. The summed E-state index contributed by atoms with van der Waals surface area (Å²) in [6.07, 6.45) is 6.31. The van der Waals surface area contributed by atoms with Crippen LogP contribution in [0.4, 0.5) is 5.95 Å². The third-order valence-electron chi connectivity index (χ3n) is 8.14. The number of fused-ring (bicyclic) bond motifs is 1. The molecule has 12 heteroatoms. The first-order valence-corrected chi connectivity index (χ1v) is 14.2. The molecule has 1 aliphatic carbocycles. The first-order chi connectivity index (χ1) is 19.3. The first-order valence-electron chi connectivity index (χ1n) is 13.9. The minimum Gasteiger partial charge on any atom is -0.347 e. The maximum absolute atomic E-state index is 13.2. The Labute approximate surface area is 236 Å². The van der Waals surface area contributed by atoms with Gasteiger partial charge in [0.25, 0.3) is 0 Å². The Morgan fingerprint density at radius 3 is 2.65 bits per heavy atom. The van der Waals surface area contributed by atoms with Crippen LogP contribution in [0.25, 0.3) is 34.1 Å². The molecule has 1 amide bonds. The van der Waals surface area contributed by atoms with Gasteiger partial charge in [-0.1, -0.05) is 48.7 Å². The molecular formula is C28H33ClN8O3. The van der Waals surface area contributed by atoms with Crippen molar-refractivity contribution in [1.29, 1.82) is 0 Å². The number of hydrogen-bond donors (Lipinski definition) is 1. The third-order valence-corrected chi connectivity index (χ3v) is 8.38. The van der Waals surface area contributed by atoms with Gasteiger partial charge in [0.2, 0.25) is 23.5 Å². The quantitative estimate of drug-likeness (QED) is 0.366. The van der Waals surface area contributed by atoms with Gasteiger partial charge in [0, 0.05) is 37.8 Å². The number of rotatable bonds is 6. The van der Waals surface area contributed by atoms with E-state index < -0.39 is 5.76 Å². The molecule has 6 rings (SSSR count). The summed E-state index contributed by atoms with van der Waals surface area (Å²) in [5.41, 5.74) is 2.66. The van der Waals surface area contributed by atoms with E-state index in [1.165, 1.54) is 12.8 Å². The Kier molecular flexibility index (Phi) is 7.07. The predicted molar refractivity (Wildman–Crippen MR) is 152 cm³/mol. The summed E-state index contributed by atoms with van der Waals surface area (Å²) in [5.74, 6) is 1.60. The molecule has 0 radical (unpaired) electrons. The lowest BCUT2D eigenvalue weighted by Crippen LogP contribution is -2.44. The summed E-state index contributed by atoms with van der Waals surface area (Å²) in [7, 11) is 3.58. The number of anilines is 1. The largest absolute Gasteiger partial charge is 0.439 e. The second-order valence-electron chi connectivity index (χ2n) is 11.3. The summed E-state index contributed by atoms with van der Waals surface area (Å²) in [6, 6.07) is 7.18. The van der Waals surface area contributed by atoms with Crippen LogP contribution in [-0.4, -0.2) is 67.1 Å². The van der Waals surface area contributed by atoms with Gasteiger partial charge in [0.1, 0.15) is 17.3 Å². The van der Waals surface area contributed by atoms with E-state index in [4.69, 9.17) is 31.1 Å². The maximum atomic E-state index is 13.2. The van der Waals surface area contributed by atoms with Crippen molar-refractivity contribution in [3.05, 3.63) is 39.8 Å². The van der Waals surface area contributed by atoms with Gasteiger partial charge in [-0.2, -0.15) is 4.98 Å². The number of benzene rings is 1. The summed E-state index contributed by atoms with van der Waals surface area (Å²) in [6.45, 7) is 3.78. The summed E-state index contributed by atoms with van der Waals surface area (Å²) in [5, 5.41) is 4.39. The molecule has 3 aromatic heterocycles. The van der Waals surface area contributed by atoms with E-state index in [0.29, 0.717) is 22.3 Å². The van der Waals surface area contributed by atoms with Crippen molar-refractivity contribution in [3.63, 3.8) is 0 Å². The minimum atomic E-state index is -0.692. The van der Waals surface area contributed by atoms with E-state index in [1.54, 1.807) is 19.0 Å². The Morgan fingerprint density at radius 2 is 1.95 bits per heavy atom. The van der Waals surface area contributed by atoms with E-state index in [1.807, 2.05) is 24.3 Å². The minimum absolute atomic E-state index is 0.0598. The fourth-order valence-corrected chi connectivity index (χ4v) is 6.21. The monoisotopic (exact) mass is 564 g/mol. The molecule has 0 unspecified atom stereocenters. The van der Waals surface area contributed by atoms with Crippen molar-refractivity contribution in [2.45, 2.75) is 58.0 Å². The molecule has 1 saturated carbocycles. The molecule has 1 aliphatic heterocycles. The Bertz CT molecular complexity index is 1600. The summed E-state index contributed by atoms with van der Waals surface area (Å²) >= 11 is 6.42. The Morgan fingerprint density at radius 1 is 1.15 bits per heavy atom. The molecule has 1 atom stereocenters. The molecule has 0 bridgehead atoms. The van der Waals surface area contributed by atoms with Crippen LogP contribution in [-0.2, 0) is 11.3 Å². The molecule has 1 aromatic carbocycles. The van der Waals surface area contributed by atoms with Crippen LogP contribution < -0.4 is 10.7 Å². The molecule has 11 nitrogen and oxygen atoms in total. The normalized spacial score (nSPS) is 21.3. The number of imidazole rings is 1. The van der Waals surface area contributed by atoms with Crippen LogP contribution in [0, 0.1) is 11.8 Å². The zero-order valence-corrected chi connectivity index (χ0v) is 23.7. The van der Waals surface area contributed by atoms with Gasteiger partial charge < -0.3 is 14.4 Å². The van der Waals surface area contributed by atoms with E-state index in [-0.39, 0.29) is 23.6 Å². The average Bonchev–Trinajstić information content (AvgIpc) is 3.67. The summed E-state index contributed by atoms with van der Waals surface area (Å²) in [4.78, 5) is 45.9. The number of aromatic nitrogens is 6. The highest BCUT2D eigenvalue weighted by atomic mass is 35.5. The van der Waals surface area contributed by atoms with Crippen molar-refractivity contribution >= 4 is 34.6 Å². The van der Waals surface area contributed by atoms with Crippen LogP contribution in [0.1, 0.15) is 45.4 Å². The van der Waals surface area contributed by atoms with Crippen molar-refractivity contribution in [1.82, 2.24) is 34.6 Å². The molecule has 210 valence electrons. The highest BCUT2D eigenvalue weighted by Gasteiger charge is 2.36. The topological polar surface area (TPSA) is 126 Å². The van der Waals surface area contributed by atoms with Gasteiger partial charge in [0.15, 0.2) is 5.65 Å². The van der Waals surface area contributed by atoms with Crippen LogP contribution in [0.3, 0.4) is 0 Å². The zero-order valence-electron chi connectivity index (χ0n) is 22.9. The first kappa shape index (κ1) is 26.5. The second kappa shape index (κ2) is 10.7. The number of aromatic amines is 1. The number of nitrogens with zero attached hydrogens (tertiary/aromatic N) is 7. The van der Waals surface area contributed by atoms with Crippen molar-refractivity contribution in [2.75, 3.05) is 25.5 Å². The predicted octanol–water partition coefficient (Wildman–Crippen LogP) is 4.37. The van der Waals surface area contributed by atoms with Crippen LogP contribution >= 0.6 is 11.6 Å². The SMILES string of the molecule is CN(C)C(=O)[C@@H]1CCCN1c1nc2nc(-c3noc(=O)[nH]3)nc(-c3cccc(Cl)c3)c2n1C[C@H]1CC[C@H](C)CC1. The lowest BCUT2D eigenvalue weighted by molar-refractivity contribution is -0.129. The average molecular weight is 565 g/mol. The smallest absolute Gasteiger partial charge is 0.347 e. The van der Waals surface area contributed by atoms with E-state index in [2.05, 4.69) is 26.5 Å². The maximum Gasteiger partial charge on any atom is 0.439 e. The van der Waals surface area contributed by atoms with Crippen molar-refractivity contribution in [2.24, 2.45) is 11.8 Å². The number of carbonyl (C=O) groups is 1. The van der Waals surface area contributed by atoms with Gasteiger partial charge in [0.05, 0.1) is 0 Å². The molecule has 4 aromatic rings. The van der Waals surface area contributed by atoms with E-state index in [0.717, 1.165) is 61.7 Å². The van der Waals surface area contributed by atoms with Crippen LogP contribution in [0.5, 0.6) is 0 Å². The molecule has 0 spiro atoms. The molecule has 2 fully saturated rings. The van der Waals surface area contributed by atoms with Crippen LogP contribution in [0.2, 0.25) is 5.02 Å². The lowest BCUT2D eigenvalue weighted by Gasteiger charge is -2.30. The van der Waals surface area contributed by atoms with Gasteiger partial charge in [-0.05, 0) is 49.7 Å². The Hall–Kier alpha value is -3.73. The highest BCUT2D eigenvalue weighted by Crippen LogP contribution is 2.38. The molecule has 2 aliphatic rings. The standard InChI is InChI=1S/C28H33ClN8O3/c1-16-9-11-17(12-10-16)15-37-22-21(18-6-4-7-19(29)14-18)30-24(25-33-28(39)40-34-25)31-23(22)32-27(37)36-13-5-8-20(36)26(38)35(2)3/h4,6-7,14,16-17,20H,5,8-13,15H2,1-3H3,(H,33,34,39)/t16-,17-,20-/m0/s1. The zero-order chi connectivity index (χ0) is 28.0. The number of amides is 1. The van der Waals surface area contributed by atoms with Gasteiger partial charge >= 0.3 is 5.76 Å². The van der Waals surface area contributed by atoms with Gasteiger partial charge in [-0.3, -0.25) is 14.3 Å². The van der Waals surface area contributed by atoms with Crippen molar-refractivity contribution in [3.8, 4) is 22.9 Å². The molecule has 40 heavy (non-hydrogen) atoms. The van der Waals surface area contributed by atoms with E-state index >= 15 is 0 Å². The number of hydrogen-bond acceptors (Lipinski definition) is 8. The molecular weight excluding hydrogens is 532 g/mol. The number of likely N-dealkylation sites (N-methyl/N-ethyl adjacent to an activating group) is 1. The molecule has 1 saturated heterocycles. The number of halogens is 1. The number of carbonyl (C=O) groups excluding carboxylic acids is 1. The number of H-pyrrole nitrogens is 1. The fraction of sp³-hybridized carbons (Fsp3) is 0.500. The van der Waals surface area contributed by atoms with E-state index in [9.17, 15) is 9.59 Å². The van der Waals surface area contributed by atoms with Crippen molar-refractivity contribution < 1.29 is 9.32 Å². The third kappa shape index (κ3) is 4.98. The van der Waals surface area contributed by atoms with Gasteiger partial charge in [-0.25, -0.2) is 14.8 Å². The number of nitrogens with one attached hydrogen (secondary N) is 1. The highest BCUT2D eigenvalue weighted by molar-refractivity contribution is 6.30. The van der Waals surface area contributed by atoms with Gasteiger partial charge in [-0.15, -0.1) is 0 Å². The Balaban J connectivity index is 1.58. The van der Waals surface area contributed by atoms with Crippen LogP contribution in [0.15, 0.2) is 33.6 Å².